The first-order valence-electron chi connectivity index (χ1n) is 7.48. The van der Waals surface area contributed by atoms with E-state index in [-0.39, 0.29) is 18.6 Å². The van der Waals surface area contributed by atoms with Gasteiger partial charge in [0.2, 0.25) is 5.91 Å². The van der Waals surface area contributed by atoms with E-state index < -0.39 is 6.09 Å². The Bertz CT molecular complexity index is 505. The van der Waals surface area contributed by atoms with Crippen LogP contribution in [0.3, 0.4) is 0 Å². The number of carbonyl (C=O) groups is 2. The summed E-state index contributed by atoms with van der Waals surface area (Å²) in [6.07, 6.45) is 2.39. The lowest BCUT2D eigenvalue weighted by atomic mass is 10.2. The molecule has 2 rings (SSSR count). The lowest BCUT2D eigenvalue weighted by Gasteiger charge is -2.20. The highest BCUT2D eigenvalue weighted by molar-refractivity contribution is 9.07. The van der Waals surface area contributed by atoms with E-state index in [1.165, 1.54) is 3.93 Å². The molecule has 1 saturated carbocycles. The van der Waals surface area contributed by atoms with Crippen LogP contribution in [0.1, 0.15) is 31.7 Å². The zero-order valence-electron chi connectivity index (χ0n) is 12.6. The van der Waals surface area contributed by atoms with Crippen molar-refractivity contribution in [3.05, 3.63) is 35.9 Å². The van der Waals surface area contributed by atoms with Crippen molar-refractivity contribution >= 4 is 28.1 Å². The zero-order chi connectivity index (χ0) is 15.9. The van der Waals surface area contributed by atoms with E-state index in [2.05, 4.69) is 21.5 Å². The van der Waals surface area contributed by atoms with E-state index in [9.17, 15) is 9.59 Å². The molecule has 6 heteroatoms. The number of nitrogens with one attached hydrogen (secondary N) is 1. The molecule has 1 aromatic carbocycles. The van der Waals surface area contributed by atoms with Crippen LogP contribution < -0.4 is 5.32 Å². The van der Waals surface area contributed by atoms with E-state index in [4.69, 9.17) is 4.74 Å². The Labute approximate surface area is 139 Å². The van der Waals surface area contributed by atoms with Crippen molar-refractivity contribution in [2.75, 3.05) is 6.54 Å². The number of benzene rings is 1. The third-order valence-electron chi connectivity index (χ3n) is 3.44. The summed E-state index contributed by atoms with van der Waals surface area (Å²) in [5.74, 6) is 0.612. The Balaban J connectivity index is 1.65. The van der Waals surface area contributed by atoms with E-state index in [1.54, 1.807) is 0 Å². The van der Waals surface area contributed by atoms with Gasteiger partial charge in [0.25, 0.3) is 0 Å². The molecule has 1 N–H and O–H groups in total. The van der Waals surface area contributed by atoms with Crippen LogP contribution in [0, 0.1) is 5.92 Å². The van der Waals surface area contributed by atoms with E-state index in [1.807, 2.05) is 37.3 Å². The molecule has 2 amide bonds. The lowest BCUT2D eigenvalue weighted by Crippen LogP contribution is -2.40. The van der Waals surface area contributed by atoms with Crippen LogP contribution >= 0.6 is 16.1 Å². The Hall–Kier alpha value is -1.56. The average Bonchev–Trinajstić information content (AvgIpc) is 3.30. The van der Waals surface area contributed by atoms with Crippen LogP contribution in [-0.2, 0) is 16.1 Å². The summed E-state index contributed by atoms with van der Waals surface area (Å²) in [5.41, 5.74) is 0.937. The number of carbonyl (C=O) groups excluding carboxylic acids is 2. The first kappa shape index (κ1) is 16.8. The molecule has 0 unspecified atom stereocenters. The van der Waals surface area contributed by atoms with E-state index in [0.717, 1.165) is 18.4 Å². The number of rotatable bonds is 7. The molecule has 0 spiro atoms. The van der Waals surface area contributed by atoms with Gasteiger partial charge in [0.1, 0.15) is 6.61 Å². The first-order valence-corrected chi connectivity index (χ1v) is 8.19. The van der Waals surface area contributed by atoms with Crippen LogP contribution in [0.25, 0.3) is 0 Å². The van der Waals surface area contributed by atoms with Crippen LogP contribution in [0.5, 0.6) is 0 Å². The Kier molecular flexibility index (Phi) is 6.24. The maximum Gasteiger partial charge on any atom is 0.407 e. The standard InChI is InChI=1S/C16H21BrN2O3/c1-12(10-19(17)15(20)9-13-7-8-13)18-16(21)22-11-14-5-3-2-4-6-14/h2-6,12-13H,7-11H2,1H3,(H,18,21)/t12-/m0/s1. The minimum Gasteiger partial charge on any atom is -0.445 e. The normalized spacial score (nSPS) is 15.0. The van der Waals surface area contributed by atoms with Gasteiger partial charge in [0, 0.05) is 12.5 Å². The fraction of sp³-hybridized carbons (Fsp3) is 0.500. The highest BCUT2D eigenvalue weighted by Gasteiger charge is 2.27. The third kappa shape index (κ3) is 6.05. The summed E-state index contributed by atoms with van der Waals surface area (Å²) in [5, 5.41) is 2.72. The molecule has 0 heterocycles. The number of hydrogen-bond acceptors (Lipinski definition) is 3. The van der Waals surface area contributed by atoms with Crippen molar-refractivity contribution in [2.24, 2.45) is 5.92 Å². The maximum absolute atomic E-state index is 11.9. The van der Waals surface area contributed by atoms with Gasteiger partial charge >= 0.3 is 6.09 Å². The predicted octanol–water partition coefficient (Wildman–Crippen LogP) is 3.24. The average molecular weight is 369 g/mol. The maximum atomic E-state index is 11.9. The van der Waals surface area contributed by atoms with Crippen LogP contribution in [0.4, 0.5) is 4.79 Å². The lowest BCUT2D eigenvalue weighted by molar-refractivity contribution is -0.126. The molecule has 1 aromatic rings. The van der Waals surface area contributed by atoms with E-state index >= 15 is 0 Å². The van der Waals surface area contributed by atoms with Crippen molar-refractivity contribution in [1.82, 2.24) is 9.24 Å². The van der Waals surface area contributed by atoms with Crippen LogP contribution in [0.2, 0.25) is 0 Å². The van der Waals surface area contributed by atoms with Crippen molar-refractivity contribution in [3.8, 4) is 0 Å². The monoisotopic (exact) mass is 368 g/mol. The molecule has 0 radical (unpaired) electrons. The van der Waals surface area contributed by atoms with Crippen LogP contribution in [-0.4, -0.2) is 28.5 Å². The number of alkyl carbamates (subject to hydrolysis) is 1. The van der Waals surface area contributed by atoms with Gasteiger partial charge in [-0.2, -0.15) is 0 Å². The molecule has 1 fully saturated rings. The predicted molar refractivity (Wildman–Crippen MR) is 87.2 cm³/mol. The number of ether oxygens (including phenoxy) is 1. The fourth-order valence-corrected chi connectivity index (χ4v) is 2.60. The molecule has 120 valence electrons. The Morgan fingerprint density at radius 1 is 1.36 bits per heavy atom. The highest BCUT2D eigenvalue weighted by Crippen LogP contribution is 2.33. The van der Waals surface area contributed by atoms with Gasteiger partial charge in [-0.1, -0.05) is 30.3 Å². The minimum atomic E-state index is -0.480. The minimum absolute atomic E-state index is 0.0637. The first-order chi connectivity index (χ1) is 10.5. The smallest absolute Gasteiger partial charge is 0.407 e. The molecule has 0 saturated heterocycles. The summed E-state index contributed by atoms with van der Waals surface area (Å²) in [6, 6.07) is 9.31. The van der Waals surface area contributed by atoms with Crippen molar-refractivity contribution in [1.29, 1.82) is 0 Å². The molecule has 1 atom stereocenters. The van der Waals surface area contributed by atoms with Crippen molar-refractivity contribution in [2.45, 2.75) is 38.8 Å². The topological polar surface area (TPSA) is 58.6 Å². The second-order valence-electron chi connectivity index (χ2n) is 5.69. The summed E-state index contributed by atoms with van der Waals surface area (Å²) in [6.45, 7) is 2.48. The summed E-state index contributed by atoms with van der Waals surface area (Å²) in [7, 11) is 0. The van der Waals surface area contributed by atoms with Crippen molar-refractivity contribution in [3.63, 3.8) is 0 Å². The summed E-state index contributed by atoms with van der Waals surface area (Å²) >= 11 is 3.26. The Morgan fingerprint density at radius 2 is 2.05 bits per heavy atom. The molecule has 5 nitrogen and oxygen atoms in total. The SMILES string of the molecule is C[C@@H](CN(Br)C(=O)CC1CC1)NC(=O)OCc1ccccc1. The van der Waals surface area contributed by atoms with Gasteiger partial charge in [0.15, 0.2) is 0 Å². The molecular formula is C16H21BrN2O3. The van der Waals surface area contributed by atoms with Gasteiger partial charge in [0.05, 0.1) is 22.7 Å². The van der Waals surface area contributed by atoms with Gasteiger partial charge in [-0.25, -0.2) is 4.79 Å². The van der Waals surface area contributed by atoms with E-state index in [0.29, 0.717) is 18.9 Å². The fourth-order valence-electron chi connectivity index (χ4n) is 2.02. The molecule has 0 aliphatic heterocycles. The number of nitrogens with zero attached hydrogens (tertiary/aromatic N) is 1. The molecule has 0 aromatic heterocycles. The van der Waals surface area contributed by atoms with Crippen molar-refractivity contribution < 1.29 is 14.3 Å². The van der Waals surface area contributed by atoms with Gasteiger partial charge in [-0.05, 0) is 31.2 Å². The van der Waals surface area contributed by atoms with Gasteiger partial charge < -0.3 is 10.1 Å². The van der Waals surface area contributed by atoms with Crippen LogP contribution in [0.15, 0.2) is 30.3 Å². The Morgan fingerprint density at radius 3 is 2.68 bits per heavy atom. The summed E-state index contributed by atoms with van der Waals surface area (Å²) < 4.78 is 6.64. The molecule has 1 aliphatic carbocycles. The number of halogens is 1. The highest BCUT2D eigenvalue weighted by atomic mass is 79.9. The number of amides is 2. The molecule has 22 heavy (non-hydrogen) atoms. The second-order valence-corrected chi connectivity index (χ2v) is 6.55. The molecule has 0 bridgehead atoms. The number of hydrogen-bond donors (Lipinski definition) is 1. The largest absolute Gasteiger partial charge is 0.445 e. The summed E-state index contributed by atoms with van der Waals surface area (Å²) in [4.78, 5) is 23.6. The second kappa shape index (κ2) is 8.17. The quantitative estimate of drug-likeness (QED) is 0.751. The molecule has 1 aliphatic rings. The van der Waals surface area contributed by atoms with Gasteiger partial charge in [-0.15, -0.1) is 0 Å². The zero-order valence-corrected chi connectivity index (χ0v) is 14.2. The third-order valence-corrected chi connectivity index (χ3v) is 4.13. The van der Waals surface area contributed by atoms with Gasteiger partial charge in [-0.3, -0.25) is 8.72 Å². The molecular weight excluding hydrogens is 348 g/mol.